The summed E-state index contributed by atoms with van der Waals surface area (Å²) in [5, 5.41) is 23.6. The molecule has 0 spiro atoms. The van der Waals surface area contributed by atoms with Gasteiger partial charge >= 0.3 is 0 Å². The molecule has 1 aliphatic heterocycles. The van der Waals surface area contributed by atoms with Crippen LogP contribution in [0.4, 0.5) is 0 Å². The average molecular weight is 401 g/mol. The zero-order chi connectivity index (χ0) is 20.6. The number of carbonyl (C=O) groups excluding carboxylic acids is 1. The highest BCUT2D eigenvalue weighted by molar-refractivity contribution is 5.73. The molecule has 7 heteroatoms. The van der Waals surface area contributed by atoms with Gasteiger partial charge in [-0.05, 0) is 11.1 Å². The molecule has 1 amide bonds. The molecule has 7 nitrogen and oxygen atoms in total. The Morgan fingerprint density at radius 2 is 1.59 bits per heavy atom. The van der Waals surface area contributed by atoms with Gasteiger partial charge in [-0.1, -0.05) is 60.7 Å². The fourth-order valence-electron chi connectivity index (χ4n) is 3.30. The maximum absolute atomic E-state index is 11.4. The number of aliphatic hydroxyl groups is 2. The van der Waals surface area contributed by atoms with Crippen molar-refractivity contribution < 1.29 is 29.2 Å². The van der Waals surface area contributed by atoms with Gasteiger partial charge in [0, 0.05) is 6.92 Å². The Balaban J connectivity index is 1.66. The second kappa shape index (κ2) is 10.5. The number of hydrogen-bond acceptors (Lipinski definition) is 6. The van der Waals surface area contributed by atoms with E-state index in [1.165, 1.54) is 6.92 Å². The first-order chi connectivity index (χ1) is 14.0. The van der Waals surface area contributed by atoms with Crippen molar-refractivity contribution in [1.82, 2.24) is 5.32 Å². The lowest BCUT2D eigenvalue weighted by Crippen LogP contribution is -2.64. The van der Waals surface area contributed by atoms with Crippen LogP contribution in [-0.4, -0.2) is 53.4 Å². The summed E-state index contributed by atoms with van der Waals surface area (Å²) in [6.07, 6.45) is -4.00. The van der Waals surface area contributed by atoms with Gasteiger partial charge in [-0.25, -0.2) is 0 Å². The van der Waals surface area contributed by atoms with E-state index in [-0.39, 0.29) is 19.1 Å². The van der Waals surface area contributed by atoms with E-state index in [0.29, 0.717) is 6.61 Å². The quantitative estimate of drug-likeness (QED) is 0.618. The third kappa shape index (κ3) is 6.09. The molecular weight excluding hydrogens is 374 g/mol. The van der Waals surface area contributed by atoms with Crippen LogP contribution in [0.2, 0.25) is 0 Å². The van der Waals surface area contributed by atoms with Crippen LogP contribution in [0.5, 0.6) is 0 Å². The molecule has 3 N–H and O–H groups in total. The van der Waals surface area contributed by atoms with Gasteiger partial charge < -0.3 is 29.7 Å². The second-order valence-corrected chi connectivity index (χ2v) is 7.04. The van der Waals surface area contributed by atoms with Gasteiger partial charge in [0.1, 0.15) is 24.4 Å². The van der Waals surface area contributed by atoms with E-state index in [2.05, 4.69) is 5.32 Å². The predicted octanol–water partition coefficient (Wildman–Crippen LogP) is 1.37. The molecule has 2 aromatic carbocycles. The van der Waals surface area contributed by atoms with Gasteiger partial charge in [-0.3, -0.25) is 4.79 Å². The standard InChI is InChI=1S/C22H27NO6/c1-15(24)23-19-20(25)21(28-13-17-10-6-3-7-11-17)18(29-22(19)26)14-27-12-16-8-4-2-5-9-16/h2-11,18-22,25-26H,12-14H2,1H3,(H,23,24)/t18-,19-,20-,21-,22-/m1/s1. The minimum absolute atomic E-state index is 0.120. The summed E-state index contributed by atoms with van der Waals surface area (Å²) in [4.78, 5) is 11.4. The lowest BCUT2D eigenvalue weighted by molar-refractivity contribution is -0.268. The summed E-state index contributed by atoms with van der Waals surface area (Å²) in [6.45, 7) is 2.06. The van der Waals surface area contributed by atoms with E-state index in [9.17, 15) is 15.0 Å². The SMILES string of the molecule is CC(=O)N[C@@H]1[C@@H](O)[C@H](OCc2ccccc2)[C@@H](COCc2ccccc2)O[C@H]1O. The first kappa shape index (κ1) is 21.4. The van der Waals surface area contributed by atoms with Crippen LogP contribution in [-0.2, 0) is 32.2 Å². The maximum Gasteiger partial charge on any atom is 0.217 e. The van der Waals surface area contributed by atoms with E-state index in [4.69, 9.17) is 14.2 Å². The molecule has 0 radical (unpaired) electrons. The van der Waals surface area contributed by atoms with Crippen LogP contribution in [0.3, 0.4) is 0 Å². The van der Waals surface area contributed by atoms with E-state index in [0.717, 1.165) is 11.1 Å². The fraction of sp³-hybridized carbons (Fsp3) is 0.409. The molecule has 29 heavy (non-hydrogen) atoms. The van der Waals surface area contributed by atoms with Crippen molar-refractivity contribution in [2.24, 2.45) is 0 Å². The molecule has 3 rings (SSSR count). The molecule has 0 unspecified atom stereocenters. The Labute approximate surface area is 170 Å². The topological polar surface area (TPSA) is 97.3 Å². The average Bonchev–Trinajstić information content (AvgIpc) is 2.72. The molecule has 1 aliphatic rings. The lowest BCUT2D eigenvalue weighted by atomic mass is 9.96. The molecule has 5 atom stereocenters. The largest absolute Gasteiger partial charge is 0.388 e. The van der Waals surface area contributed by atoms with E-state index < -0.39 is 30.6 Å². The van der Waals surface area contributed by atoms with Crippen molar-refractivity contribution in [2.75, 3.05) is 6.61 Å². The van der Waals surface area contributed by atoms with Gasteiger partial charge in [0.15, 0.2) is 6.29 Å². The first-order valence-electron chi connectivity index (χ1n) is 9.60. The third-order valence-electron chi connectivity index (χ3n) is 4.74. The molecule has 1 fully saturated rings. The van der Waals surface area contributed by atoms with Crippen molar-refractivity contribution in [3.05, 3.63) is 71.8 Å². The summed E-state index contributed by atoms with van der Waals surface area (Å²) in [5.41, 5.74) is 1.94. The predicted molar refractivity (Wildman–Crippen MR) is 106 cm³/mol. The van der Waals surface area contributed by atoms with Gasteiger partial charge in [0.05, 0.1) is 19.8 Å². The normalized spacial score (nSPS) is 26.8. The van der Waals surface area contributed by atoms with Crippen molar-refractivity contribution in [1.29, 1.82) is 0 Å². The highest BCUT2D eigenvalue weighted by atomic mass is 16.6. The van der Waals surface area contributed by atoms with Crippen LogP contribution in [0.25, 0.3) is 0 Å². The molecular formula is C22H27NO6. The first-order valence-corrected chi connectivity index (χ1v) is 9.60. The number of nitrogens with one attached hydrogen (secondary N) is 1. The highest BCUT2D eigenvalue weighted by Crippen LogP contribution is 2.24. The number of rotatable bonds is 8. The lowest BCUT2D eigenvalue weighted by Gasteiger charge is -2.42. The number of hydrogen-bond donors (Lipinski definition) is 3. The number of ether oxygens (including phenoxy) is 3. The molecule has 2 aromatic rings. The van der Waals surface area contributed by atoms with E-state index >= 15 is 0 Å². The fourth-order valence-corrected chi connectivity index (χ4v) is 3.30. The molecule has 1 heterocycles. The summed E-state index contributed by atoms with van der Waals surface area (Å²) in [6, 6.07) is 18.2. The van der Waals surface area contributed by atoms with Crippen LogP contribution in [0.1, 0.15) is 18.1 Å². The summed E-state index contributed by atoms with van der Waals surface area (Å²) in [5.74, 6) is -0.378. The second-order valence-electron chi connectivity index (χ2n) is 7.04. The molecule has 0 aromatic heterocycles. The smallest absolute Gasteiger partial charge is 0.217 e. The third-order valence-corrected chi connectivity index (χ3v) is 4.74. The van der Waals surface area contributed by atoms with Gasteiger partial charge in [0.2, 0.25) is 5.91 Å². The summed E-state index contributed by atoms with van der Waals surface area (Å²) in [7, 11) is 0. The Hall–Kier alpha value is -2.29. The monoisotopic (exact) mass is 401 g/mol. The Morgan fingerprint density at radius 3 is 2.17 bits per heavy atom. The molecule has 156 valence electrons. The number of aliphatic hydroxyl groups excluding tert-OH is 2. The molecule has 0 saturated carbocycles. The summed E-state index contributed by atoms with van der Waals surface area (Å²) < 4.78 is 17.3. The van der Waals surface area contributed by atoms with Crippen LogP contribution in [0.15, 0.2) is 60.7 Å². The van der Waals surface area contributed by atoms with E-state index in [1.807, 2.05) is 60.7 Å². The minimum atomic E-state index is -1.36. The number of benzene rings is 2. The number of amides is 1. The van der Waals surface area contributed by atoms with Crippen LogP contribution < -0.4 is 5.32 Å². The van der Waals surface area contributed by atoms with Gasteiger partial charge in [0.25, 0.3) is 0 Å². The van der Waals surface area contributed by atoms with Crippen molar-refractivity contribution in [3.63, 3.8) is 0 Å². The van der Waals surface area contributed by atoms with Crippen molar-refractivity contribution in [3.8, 4) is 0 Å². The summed E-state index contributed by atoms with van der Waals surface area (Å²) >= 11 is 0. The Bertz CT molecular complexity index is 756. The molecule has 0 aliphatic carbocycles. The maximum atomic E-state index is 11.4. The Morgan fingerprint density at radius 1 is 1.00 bits per heavy atom. The number of carbonyl (C=O) groups is 1. The zero-order valence-corrected chi connectivity index (χ0v) is 16.3. The molecule has 1 saturated heterocycles. The Kier molecular flexibility index (Phi) is 7.74. The van der Waals surface area contributed by atoms with Crippen LogP contribution in [0, 0.1) is 0 Å². The van der Waals surface area contributed by atoms with Gasteiger partial charge in [-0.2, -0.15) is 0 Å². The van der Waals surface area contributed by atoms with Gasteiger partial charge in [-0.15, -0.1) is 0 Å². The van der Waals surface area contributed by atoms with Crippen LogP contribution >= 0.6 is 0 Å². The van der Waals surface area contributed by atoms with Crippen molar-refractivity contribution in [2.45, 2.75) is 50.8 Å². The van der Waals surface area contributed by atoms with E-state index in [1.54, 1.807) is 0 Å². The minimum Gasteiger partial charge on any atom is -0.388 e. The highest BCUT2D eigenvalue weighted by Gasteiger charge is 2.45. The zero-order valence-electron chi connectivity index (χ0n) is 16.3. The molecule has 0 bridgehead atoms. The van der Waals surface area contributed by atoms with Crippen molar-refractivity contribution >= 4 is 5.91 Å².